The Morgan fingerprint density at radius 2 is 2.40 bits per heavy atom. The van der Waals surface area contributed by atoms with Gasteiger partial charge in [0, 0.05) is 5.02 Å². The Morgan fingerprint density at radius 1 is 1.60 bits per heavy atom. The molecule has 0 aliphatic carbocycles. The van der Waals surface area contributed by atoms with E-state index in [0.29, 0.717) is 10.0 Å². The second-order valence-electron chi connectivity index (χ2n) is 2.89. The molecule has 0 aliphatic heterocycles. The zero-order valence-corrected chi connectivity index (χ0v) is 9.10. The Morgan fingerprint density at radius 3 is 3.13 bits per heavy atom. The molecule has 0 N–H and O–H groups in total. The molecule has 15 heavy (non-hydrogen) atoms. The number of nitriles is 1. The third-order valence-electron chi connectivity index (χ3n) is 1.83. The molecule has 1 heterocycles. The summed E-state index contributed by atoms with van der Waals surface area (Å²) in [7, 11) is 0. The number of Topliss-reactive ketones (excluding diaryl/α,β-unsaturated/α-hetero) is 1. The van der Waals surface area contributed by atoms with Crippen molar-refractivity contribution in [1.29, 1.82) is 5.26 Å². The van der Waals surface area contributed by atoms with Crippen molar-refractivity contribution in [2.24, 2.45) is 0 Å². The molecule has 74 valence electrons. The molecule has 0 atom stereocenters. The number of benzene rings is 1. The molecular formula is C10H5ClN2OS. The zero-order chi connectivity index (χ0) is 10.8. The SMILES string of the molecule is N#CCC(=O)c1nc2ccc(Cl)cc2s1. The summed E-state index contributed by atoms with van der Waals surface area (Å²) < 4.78 is 0.865. The van der Waals surface area contributed by atoms with E-state index in [9.17, 15) is 4.79 Å². The van der Waals surface area contributed by atoms with Gasteiger partial charge in [0.2, 0.25) is 5.78 Å². The van der Waals surface area contributed by atoms with Gasteiger partial charge in [-0.2, -0.15) is 5.26 Å². The number of halogens is 1. The molecular weight excluding hydrogens is 232 g/mol. The second kappa shape index (κ2) is 3.97. The first-order valence-electron chi connectivity index (χ1n) is 4.17. The second-order valence-corrected chi connectivity index (χ2v) is 4.36. The van der Waals surface area contributed by atoms with Gasteiger partial charge in [-0.15, -0.1) is 11.3 Å². The monoisotopic (exact) mass is 236 g/mol. The minimum Gasteiger partial charge on any atom is -0.290 e. The van der Waals surface area contributed by atoms with Crippen molar-refractivity contribution in [3.05, 3.63) is 28.2 Å². The van der Waals surface area contributed by atoms with Crippen LogP contribution in [-0.4, -0.2) is 10.8 Å². The van der Waals surface area contributed by atoms with E-state index in [1.807, 2.05) is 6.07 Å². The zero-order valence-electron chi connectivity index (χ0n) is 7.53. The van der Waals surface area contributed by atoms with Crippen LogP contribution in [0.25, 0.3) is 10.2 Å². The summed E-state index contributed by atoms with van der Waals surface area (Å²) in [6.07, 6.45) is -0.131. The number of thiazole rings is 1. The van der Waals surface area contributed by atoms with Crippen LogP contribution in [-0.2, 0) is 0 Å². The van der Waals surface area contributed by atoms with Crippen molar-refractivity contribution in [2.45, 2.75) is 6.42 Å². The van der Waals surface area contributed by atoms with Gasteiger partial charge in [0.15, 0.2) is 5.01 Å². The molecule has 0 amide bonds. The highest BCUT2D eigenvalue weighted by Crippen LogP contribution is 2.25. The van der Waals surface area contributed by atoms with E-state index < -0.39 is 0 Å². The molecule has 2 rings (SSSR count). The number of fused-ring (bicyclic) bond motifs is 1. The molecule has 0 fully saturated rings. The summed E-state index contributed by atoms with van der Waals surface area (Å²) in [5.41, 5.74) is 0.741. The molecule has 2 aromatic rings. The number of hydrogen-bond donors (Lipinski definition) is 0. The largest absolute Gasteiger partial charge is 0.290 e. The number of nitrogens with zero attached hydrogens (tertiary/aromatic N) is 2. The lowest BCUT2D eigenvalue weighted by Crippen LogP contribution is -1.95. The highest BCUT2D eigenvalue weighted by Gasteiger charge is 2.11. The average Bonchev–Trinajstić information content (AvgIpc) is 2.60. The molecule has 0 saturated carbocycles. The van der Waals surface area contributed by atoms with E-state index >= 15 is 0 Å². The lowest BCUT2D eigenvalue weighted by molar-refractivity contribution is 0.0997. The fourth-order valence-electron chi connectivity index (χ4n) is 1.17. The Kier molecular flexibility index (Phi) is 2.67. The number of carbonyl (C=O) groups excluding carboxylic acids is 1. The van der Waals surface area contributed by atoms with Crippen LogP contribution in [0, 0.1) is 11.3 Å². The van der Waals surface area contributed by atoms with Crippen LogP contribution in [0.2, 0.25) is 5.02 Å². The van der Waals surface area contributed by atoms with Crippen LogP contribution >= 0.6 is 22.9 Å². The first-order chi connectivity index (χ1) is 7.20. The van der Waals surface area contributed by atoms with Gasteiger partial charge in [-0.25, -0.2) is 4.98 Å². The van der Waals surface area contributed by atoms with E-state index in [-0.39, 0.29) is 12.2 Å². The summed E-state index contributed by atoms with van der Waals surface area (Å²) in [5.74, 6) is -0.241. The minimum atomic E-state index is -0.241. The third kappa shape index (κ3) is 1.99. The Bertz CT molecular complexity index is 570. The van der Waals surface area contributed by atoms with Gasteiger partial charge < -0.3 is 0 Å². The predicted octanol–water partition coefficient (Wildman–Crippen LogP) is 3.05. The minimum absolute atomic E-state index is 0.131. The molecule has 0 spiro atoms. The van der Waals surface area contributed by atoms with E-state index in [2.05, 4.69) is 4.98 Å². The van der Waals surface area contributed by atoms with Crippen molar-refractivity contribution < 1.29 is 4.79 Å². The molecule has 0 radical (unpaired) electrons. The van der Waals surface area contributed by atoms with Crippen molar-refractivity contribution in [3.8, 4) is 6.07 Å². The maximum Gasteiger partial charge on any atom is 0.205 e. The van der Waals surface area contributed by atoms with Crippen LogP contribution in [0.15, 0.2) is 18.2 Å². The normalized spacial score (nSPS) is 10.1. The predicted molar refractivity (Wildman–Crippen MR) is 59.2 cm³/mol. The topological polar surface area (TPSA) is 53.8 Å². The smallest absolute Gasteiger partial charge is 0.205 e. The van der Waals surface area contributed by atoms with Crippen molar-refractivity contribution in [3.63, 3.8) is 0 Å². The maximum atomic E-state index is 11.4. The highest BCUT2D eigenvalue weighted by molar-refractivity contribution is 7.20. The molecule has 0 aliphatic rings. The molecule has 3 nitrogen and oxygen atoms in total. The fourth-order valence-corrected chi connectivity index (χ4v) is 2.34. The highest BCUT2D eigenvalue weighted by atomic mass is 35.5. The van der Waals surface area contributed by atoms with Crippen LogP contribution in [0.4, 0.5) is 0 Å². The summed E-state index contributed by atoms with van der Waals surface area (Å²) in [5, 5.41) is 9.39. The lowest BCUT2D eigenvalue weighted by atomic mass is 10.3. The van der Waals surface area contributed by atoms with Crippen molar-refractivity contribution in [2.75, 3.05) is 0 Å². The van der Waals surface area contributed by atoms with Crippen LogP contribution in [0.3, 0.4) is 0 Å². The Labute approximate surface area is 94.9 Å². The first kappa shape index (κ1) is 10.1. The molecule has 1 aromatic carbocycles. The molecule has 0 bridgehead atoms. The summed E-state index contributed by atoms with van der Waals surface area (Å²) in [6.45, 7) is 0. The van der Waals surface area contributed by atoms with Gasteiger partial charge in [-0.3, -0.25) is 4.79 Å². The third-order valence-corrected chi connectivity index (χ3v) is 3.12. The number of hydrogen-bond acceptors (Lipinski definition) is 4. The maximum absolute atomic E-state index is 11.4. The Hall–Kier alpha value is -1.44. The standard InChI is InChI=1S/C10H5ClN2OS/c11-6-1-2-7-9(5-6)15-10(13-7)8(14)3-4-12/h1-2,5H,3H2. The molecule has 0 unspecified atom stereocenters. The van der Waals surface area contributed by atoms with Gasteiger partial charge in [-0.05, 0) is 18.2 Å². The van der Waals surface area contributed by atoms with Crippen molar-refractivity contribution in [1.82, 2.24) is 4.98 Å². The summed E-state index contributed by atoms with van der Waals surface area (Å²) in [4.78, 5) is 15.5. The Balaban J connectivity index is 2.48. The van der Waals surface area contributed by atoms with Crippen molar-refractivity contribution >= 4 is 38.9 Å². The van der Waals surface area contributed by atoms with Gasteiger partial charge in [0.25, 0.3) is 0 Å². The fraction of sp³-hybridized carbons (Fsp3) is 0.100. The average molecular weight is 237 g/mol. The van der Waals surface area contributed by atoms with Crippen LogP contribution in [0.1, 0.15) is 16.2 Å². The summed E-state index contributed by atoms with van der Waals surface area (Å²) in [6, 6.07) is 7.06. The van der Waals surface area contributed by atoms with E-state index in [1.54, 1.807) is 18.2 Å². The quantitative estimate of drug-likeness (QED) is 0.753. The van der Waals surface area contributed by atoms with Crippen LogP contribution in [0.5, 0.6) is 0 Å². The van der Waals surface area contributed by atoms with E-state index in [1.165, 1.54) is 11.3 Å². The van der Waals surface area contributed by atoms with Gasteiger partial charge in [0.1, 0.15) is 6.42 Å². The van der Waals surface area contributed by atoms with Gasteiger partial charge >= 0.3 is 0 Å². The van der Waals surface area contributed by atoms with E-state index in [4.69, 9.17) is 16.9 Å². The number of rotatable bonds is 2. The molecule has 5 heteroatoms. The summed E-state index contributed by atoms with van der Waals surface area (Å²) >= 11 is 7.07. The molecule has 1 aromatic heterocycles. The lowest BCUT2D eigenvalue weighted by Gasteiger charge is -1.86. The first-order valence-corrected chi connectivity index (χ1v) is 5.36. The van der Waals surface area contributed by atoms with Crippen LogP contribution < -0.4 is 0 Å². The number of aromatic nitrogens is 1. The van der Waals surface area contributed by atoms with Gasteiger partial charge in [-0.1, -0.05) is 11.6 Å². The van der Waals surface area contributed by atoms with E-state index in [0.717, 1.165) is 10.2 Å². The molecule has 0 saturated heterocycles. The van der Waals surface area contributed by atoms with Gasteiger partial charge in [0.05, 0.1) is 16.3 Å². The number of ketones is 1. The number of carbonyl (C=O) groups is 1.